The fourth-order valence-corrected chi connectivity index (χ4v) is 9.90. The van der Waals surface area contributed by atoms with E-state index in [0.717, 1.165) is 59.4 Å². The molecule has 1 aliphatic heterocycles. The van der Waals surface area contributed by atoms with Crippen LogP contribution >= 0.6 is 0 Å². The molecule has 7 aromatic carbocycles. The molecule has 4 heterocycles. The molecule has 1 atom stereocenters. The first-order valence-corrected chi connectivity index (χ1v) is 18.9. The molecule has 3 aromatic heterocycles. The van der Waals surface area contributed by atoms with E-state index in [-0.39, 0.29) is 5.92 Å². The molecule has 1 unspecified atom stereocenters. The Balaban J connectivity index is 1.23. The van der Waals surface area contributed by atoms with E-state index in [0.29, 0.717) is 0 Å². The molecule has 0 amide bonds. The highest BCUT2D eigenvalue weighted by Crippen LogP contribution is 2.55. The van der Waals surface area contributed by atoms with Gasteiger partial charge in [-0.1, -0.05) is 127 Å². The highest BCUT2D eigenvalue weighted by Gasteiger charge is 2.35. The Hall–Kier alpha value is -6.45. The molecule has 12 rings (SSSR count). The number of furan rings is 1. The van der Waals surface area contributed by atoms with E-state index < -0.39 is 0 Å². The number of aryl methyl sites for hydroxylation is 1. The van der Waals surface area contributed by atoms with E-state index in [1.165, 1.54) is 76.7 Å². The molecular weight excluding hydrogens is 645 g/mol. The standard InChI is InChI=1S/C50H34N2O/c1-2-14-31(15-3-1)41-21-12-20-35(47-38-19-8-11-24-44(38)53-50(47)51-41)36-28-27-32-26-25-30-13-4-5-16-33(30)45(32)40-29-39-34-17-6-9-22-42(34)52-43-23-10-7-18-37(43)48(46(36)40)49(39)52/h1-11,13-20,22-26,29,36H,12,21,27-28H2/b35-20-,51-41+. The minimum atomic E-state index is 0.112. The highest BCUT2D eigenvalue weighted by atomic mass is 16.3. The number of benzene rings is 7. The topological polar surface area (TPSA) is 29.9 Å². The largest absolute Gasteiger partial charge is 0.438 e. The number of aromatic nitrogens is 1. The van der Waals surface area contributed by atoms with Crippen molar-refractivity contribution in [3.05, 3.63) is 174 Å². The molecule has 1 aliphatic carbocycles. The van der Waals surface area contributed by atoms with Crippen LogP contribution in [0, 0.1) is 0 Å². The van der Waals surface area contributed by atoms with Crippen molar-refractivity contribution in [2.24, 2.45) is 4.99 Å². The summed E-state index contributed by atoms with van der Waals surface area (Å²) in [7, 11) is 0. The molecule has 0 N–H and O–H groups in total. The molecule has 0 spiro atoms. The zero-order valence-electron chi connectivity index (χ0n) is 29.1. The maximum Gasteiger partial charge on any atom is 0.227 e. The second kappa shape index (κ2) is 11.0. The summed E-state index contributed by atoms with van der Waals surface area (Å²) in [6, 6.07) is 53.4. The average Bonchev–Trinajstić information content (AvgIpc) is 3.81. The van der Waals surface area contributed by atoms with Gasteiger partial charge in [0.2, 0.25) is 5.88 Å². The van der Waals surface area contributed by atoms with Crippen LogP contribution < -0.4 is 0 Å². The van der Waals surface area contributed by atoms with E-state index in [9.17, 15) is 0 Å². The summed E-state index contributed by atoms with van der Waals surface area (Å²) in [5.41, 5.74) is 15.0. The molecule has 0 saturated carbocycles. The molecular formula is C50H34N2O. The number of para-hydroxylation sites is 3. The molecule has 3 nitrogen and oxygen atoms in total. The lowest BCUT2D eigenvalue weighted by molar-refractivity contribution is 0.623. The second-order valence-corrected chi connectivity index (χ2v) is 14.8. The predicted molar refractivity (Wildman–Crippen MR) is 221 cm³/mol. The van der Waals surface area contributed by atoms with Crippen molar-refractivity contribution in [1.82, 2.24) is 4.40 Å². The van der Waals surface area contributed by atoms with Gasteiger partial charge in [0, 0.05) is 32.8 Å². The number of rotatable bonds is 2. The van der Waals surface area contributed by atoms with Gasteiger partial charge in [0.25, 0.3) is 0 Å². The Bertz CT molecular complexity index is 3170. The van der Waals surface area contributed by atoms with Gasteiger partial charge in [-0.3, -0.25) is 0 Å². The second-order valence-electron chi connectivity index (χ2n) is 14.8. The van der Waals surface area contributed by atoms with Crippen LogP contribution in [0.5, 0.6) is 0 Å². The number of nitrogens with zero attached hydrogens (tertiary/aromatic N) is 2. The van der Waals surface area contributed by atoms with Gasteiger partial charge in [-0.2, -0.15) is 0 Å². The quantitative estimate of drug-likeness (QED) is 0.179. The summed E-state index contributed by atoms with van der Waals surface area (Å²) in [5, 5.41) is 9.06. The number of hydrogen-bond donors (Lipinski definition) is 0. The van der Waals surface area contributed by atoms with Crippen LogP contribution in [-0.4, -0.2) is 10.1 Å². The van der Waals surface area contributed by atoms with E-state index >= 15 is 0 Å². The van der Waals surface area contributed by atoms with Gasteiger partial charge in [-0.25, -0.2) is 4.99 Å². The number of hydrogen-bond acceptors (Lipinski definition) is 2. The van der Waals surface area contributed by atoms with Gasteiger partial charge in [0.05, 0.1) is 27.8 Å². The lowest BCUT2D eigenvalue weighted by atomic mass is 9.78. The Labute approximate surface area is 306 Å². The van der Waals surface area contributed by atoms with Gasteiger partial charge in [-0.05, 0) is 94.1 Å². The van der Waals surface area contributed by atoms with E-state index in [4.69, 9.17) is 9.41 Å². The van der Waals surface area contributed by atoms with E-state index in [1.807, 2.05) is 0 Å². The van der Waals surface area contributed by atoms with Crippen LogP contribution in [0.4, 0.5) is 5.88 Å². The normalized spacial score (nSPS) is 18.0. The van der Waals surface area contributed by atoms with Crippen molar-refractivity contribution in [1.29, 1.82) is 0 Å². The third kappa shape index (κ3) is 4.08. The van der Waals surface area contributed by atoms with Crippen LogP contribution in [0.15, 0.2) is 161 Å². The highest BCUT2D eigenvalue weighted by molar-refractivity contribution is 6.27. The van der Waals surface area contributed by atoms with Gasteiger partial charge in [-0.15, -0.1) is 0 Å². The summed E-state index contributed by atoms with van der Waals surface area (Å²) in [6.45, 7) is 0. The average molecular weight is 679 g/mol. The zero-order valence-corrected chi connectivity index (χ0v) is 29.1. The summed E-state index contributed by atoms with van der Waals surface area (Å²) < 4.78 is 9.27. The number of allylic oxidation sites excluding steroid dienone is 2. The third-order valence-corrected chi connectivity index (χ3v) is 12.1. The molecule has 250 valence electrons. The van der Waals surface area contributed by atoms with Crippen LogP contribution in [0.2, 0.25) is 0 Å². The summed E-state index contributed by atoms with van der Waals surface area (Å²) in [4.78, 5) is 5.38. The third-order valence-electron chi connectivity index (χ3n) is 12.1. The van der Waals surface area contributed by atoms with Gasteiger partial charge in [0.15, 0.2) is 0 Å². The minimum absolute atomic E-state index is 0.112. The van der Waals surface area contributed by atoms with Gasteiger partial charge >= 0.3 is 0 Å². The van der Waals surface area contributed by atoms with Crippen molar-refractivity contribution in [3.8, 4) is 11.1 Å². The monoisotopic (exact) mass is 678 g/mol. The first kappa shape index (κ1) is 29.2. The summed E-state index contributed by atoms with van der Waals surface area (Å²) in [6.07, 6.45) is 6.25. The first-order valence-electron chi connectivity index (χ1n) is 18.9. The molecule has 0 bridgehead atoms. The SMILES string of the molecule is C1=C(/C2CCc3ccc4ccccc4c3-c3cc4c5ccccc5n5c6ccccc6c(c32)c45)c2c(oc3ccccc23)/N=C(/c2ccccc2)CC/1. The lowest BCUT2D eigenvalue weighted by Crippen LogP contribution is -2.08. The van der Waals surface area contributed by atoms with Crippen molar-refractivity contribution in [3.63, 3.8) is 0 Å². The maximum absolute atomic E-state index is 6.74. The molecule has 10 aromatic rings. The van der Waals surface area contributed by atoms with E-state index in [1.54, 1.807) is 0 Å². The van der Waals surface area contributed by atoms with Gasteiger partial charge in [0.1, 0.15) is 5.58 Å². The van der Waals surface area contributed by atoms with Crippen molar-refractivity contribution >= 4 is 77.0 Å². The Morgan fingerprint density at radius 1 is 0.604 bits per heavy atom. The Morgan fingerprint density at radius 2 is 1.32 bits per heavy atom. The molecule has 2 aliphatic rings. The number of aliphatic imine (C=N–C) groups is 1. The predicted octanol–water partition coefficient (Wildman–Crippen LogP) is 13.4. The smallest absolute Gasteiger partial charge is 0.227 e. The van der Waals surface area contributed by atoms with Crippen LogP contribution in [-0.2, 0) is 6.42 Å². The molecule has 0 fully saturated rings. The molecule has 53 heavy (non-hydrogen) atoms. The van der Waals surface area contributed by atoms with Crippen LogP contribution in [0.25, 0.3) is 76.5 Å². The maximum atomic E-state index is 6.74. The van der Waals surface area contributed by atoms with Crippen LogP contribution in [0.3, 0.4) is 0 Å². The molecule has 0 radical (unpaired) electrons. The van der Waals surface area contributed by atoms with Crippen molar-refractivity contribution in [2.75, 3.05) is 0 Å². The molecule has 3 heteroatoms. The summed E-state index contributed by atoms with van der Waals surface area (Å²) >= 11 is 0. The van der Waals surface area contributed by atoms with Crippen molar-refractivity contribution in [2.45, 2.75) is 31.6 Å². The fourth-order valence-electron chi connectivity index (χ4n) is 9.90. The van der Waals surface area contributed by atoms with Crippen LogP contribution in [0.1, 0.15) is 47.4 Å². The zero-order chi connectivity index (χ0) is 34.6. The van der Waals surface area contributed by atoms with Crippen molar-refractivity contribution < 1.29 is 4.42 Å². The first-order chi connectivity index (χ1) is 26.3. The Kier molecular flexibility index (Phi) is 6.07. The summed E-state index contributed by atoms with van der Waals surface area (Å²) in [5.74, 6) is 0.832. The lowest BCUT2D eigenvalue weighted by Gasteiger charge is -2.25. The number of fused-ring (bicyclic) bond motifs is 15. The van der Waals surface area contributed by atoms with E-state index in [2.05, 4.69) is 156 Å². The van der Waals surface area contributed by atoms with Gasteiger partial charge < -0.3 is 8.82 Å². The fraction of sp³-hybridized carbons (Fsp3) is 0.100. The Morgan fingerprint density at radius 3 is 2.19 bits per heavy atom. The molecule has 0 saturated heterocycles. The minimum Gasteiger partial charge on any atom is -0.438 e.